The summed E-state index contributed by atoms with van der Waals surface area (Å²) in [6.07, 6.45) is -4.48. The number of amides is 1. The first-order chi connectivity index (χ1) is 12.2. The fourth-order valence-corrected chi connectivity index (χ4v) is 3.80. The van der Waals surface area contributed by atoms with Crippen LogP contribution in [0, 0.1) is 6.92 Å². The number of fused-ring (bicyclic) bond motifs is 1. The van der Waals surface area contributed by atoms with E-state index in [0.717, 1.165) is 28.8 Å². The van der Waals surface area contributed by atoms with Crippen LogP contribution >= 0.6 is 23.1 Å². The standard InChI is InChI=1S/C16H12F3N3O2S2/c1-8-5-11-13(24)21-15(22-14(11)26-8)25-7-12(23)20-10-4-2-3-9(6-10)16(17,18)19/h2-6H,7H2,1H3,(H,20,23)(H,21,22,24). The Balaban J connectivity index is 1.67. The molecule has 26 heavy (non-hydrogen) atoms. The number of H-pyrrole nitrogens is 1. The van der Waals surface area contributed by atoms with Gasteiger partial charge in [0.25, 0.3) is 5.56 Å². The van der Waals surface area contributed by atoms with Crippen molar-refractivity contribution in [1.82, 2.24) is 9.97 Å². The van der Waals surface area contributed by atoms with E-state index in [2.05, 4.69) is 15.3 Å². The van der Waals surface area contributed by atoms with Crippen molar-refractivity contribution in [3.05, 3.63) is 51.1 Å². The molecule has 3 aromatic rings. The van der Waals surface area contributed by atoms with E-state index in [4.69, 9.17) is 0 Å². The van der Waals surface area contributed by atoms with Crippen molar-refractivity contribution in [2.45, 2.75) is 18.3 Å². The normalized spacial score (nSPS) is 11.7. The number of alkyl halides is 3. The number of carbonyl (C=O) groups is 1. The van der Waals surface area contributed by atoms with Crippen LogP contribution in [-0.4, -0.2) is 21.6 Å². The molecule has 3 rings (SSSR count). The molecular weight excluding hydrogens is 387 g/mol. The Labute approximate surface area is 153 Å². The number of aromatic amines is 1. The van der Waals surface area contributed by atoms with Crippen molar-refractivity contribution in [2.24, 2.45) is 0 Å². The Morgan fingerprint density at radius 3 is 2.85 bits per heavy atom. The fraction of sp³-hybridized carbons (Fsp3) is 0.188. The van der Waals surface area contributed by atoms with Crippen molar-refractivity contribution in [1.29, 1.82) is 0 Å². The molecule has 0 spiro atoms. The molecule has 136 valence electrons. The molecule has 10 heteroatoms. The van der Waals surface area contributed by atoms with Gasteiger partial charge in [-0.05, 0) is 31.2 Å². The Morgan fingerprint density at radius 2 is 2.12 bits per heavy atom. The number of thioether (sulfide) groups is 1. The van der Waals surface area contributed by atoms with Gasteiger partial charge in [-0.1, -0.05) is 17.8 Å². The van der Waals surface area contributed by atoms with Crippen molar-refractivity contribution in [3.63, 3.8) is 0 Å². The number of halogens is 3. The first-order valence-corrected chi connectivity index (χ1v) is 9.13. The first-order valence-electron chi connectivity index (χ1n) is 7.33. The van der Waals surface area contributed by atoms with Gasteiger partial charge in [0.15, 0.2) is 5.16 Å². The highest BCUT2D eigenvalue weighted by Gasteiger charge is 2.30. The molecular formula is C16H12F3N3O2S2. The van der Waals surface area contributed by atoms with Gasteiger partial charge in [-0.2, -0.15) is 13.2 Å². The van der Waals surface area contributed by atoms with Crippen molar-refractivity contribution in [2.75, 3.05) is 11.1 Å². The molecule has 0 fully saturated rings. The predicted octanol–water partition coefficient (Wildman–Crippen LogP) is 4.04. The third kappa shape index (κ3) is 4.25. The summed E-state index contributed by atoms with van der Waals surface area (Å²) in [5, 5.41) is 3.18. The monoisotopic (exact) mass is 399 g/mol. The van der Waals surface area contributed by atoms with Gasteiger partial charge in [-0.15, -0.1) is 11.3 Å². The first kappa shape index (κ1) is 18.5. The lowest BCUT2D eigenvalue weighted by Gasteiger charge is -2.09. The molecule has 0 saturated heterocycles. The molecule has 2 aromatic heterocycles. The second-order valence-corrected chi connectivity index (χ2v) is 7.56. The number of hydrogen-bond donors (Lipinski definition) is 2. The van der Waals surface area contributed by atoms with Crippen molar-refractivity contribution < 1.29 is 18.0 Å². The molecule has 0 aliphatic heterocycles. The van der Waals surface area contributed by atoms with E-state index in [1.54, 1.807) is 6.07 Å². The highest BCUT2D eigenvalue weighted by molar-refractivity contribution is 7.99. The number of rotatable bonds is 4. The fourth-order valence-electron chi connectivity index (χ4n) is 2.20. The number of thiophene rings is 1. The minimum Gasteiger partial charge on any atom is -0.325 e. The van der Waals surface area contributed by atoms with Crippen LogP contribution in [0.15, 0.2) is 40.3 Å². The van der Waals surface area contributed by atoms with E-state index in [1.807, 2.05) is 6.92 Å². The smallest absolute Gasteiger partial charge is 0.325 e. The van der Waals surface area contributed by atoms with Crippen LogP contribution in [0.5, 0.6) is 0 Å². The molecule has 1 amide bonds. The summed E-state index contributed by atoms with van der Waals surface area (Å²) in [7, 11) is 0. The van der Waals surface area contributed by atoms with E-state index in [9.17, 15) is 22.8 Å². The average molecular weight is 399 g/mol. The molecule has 2 N–H and O–H groups in total. The molecule has 0 atom stereocenters. The van der Waals surface area contributed by atoms with E-state index in [-0.39, 0.29) is 22.2 Å². The highest BCUT2D eigenvalue weighted by Crippen LogP contribution is 2.30. The minimum absolute atomic E-state index is 0.0520. The zero-order chi connectivity index (χ0) is 18.9. The summed E-state index contributed by atoms with van der Waals surface area (Å²) in [5.74, 6) is -0.603. The summed E-state index contributed by atoms with van der Waals surface area (Å²) in [6, 6.07) is 6.12. The van der Waals surface area contributed by atoms with Crippen LogP contribution in [0.3, 0.4) is 0 Å². The average Bonchev–Trinajstić information content (AvgIpc) is 2.93. The zero-order valence-corrected chi connectivity index (χ0v) is 14.9. The van der Waals surface area contributed by atoms with Gasteiger partial charge < -0.3 is 10.3 Å². The SMILES string of the molecule is Cc1cc2c(=O)[nH]c(SCC(=O)Nc3cccc(C(F)(F)F)c3)nc2s1. The van der Waals surface area contributed by atoms with Gasteiger partial charge >= 0.3 is 6.18 Å². The molecule has 0 aliphatic rings. The number of anilines is 1. The second-order valence-electron chi connectivity index (χ2n) is 5.36. The molecule has 0 radical (unpaired) electrons. The summed E-state index contributed by atoms with van der Waals surface area (Å²) in [6.45, 7) is 1.86. The van der Waals surface area contributed by atoms with Gasteiger partial charge in [0.1, 0.15) is 4.83 Å². The number of hydrogen-bond acceptors (Lipinski definition) is 5. The predicted molar refractivity (Wildman–Crippen MR) is 95.8 cm³/mol. The lowest BCUT2D eigenvalue weighted by molar-refractivity contribution is -0.137. The summed E-state index contributed by atoms with van der Waals surface area (Å²) < 4.78 is 38.1. The molecule has 0 bridgehead atoms. The Bertz CT molecular complexity index is 1030. The van der Waals surface area contributed by atoms with Gasteiger partial charge in [-0.3, -0.25) is 9.59 Å². The maximum Gasteiger partial charge on any atom is 0.416 e. The van der Waals surface area contributed by atoms with E-state index < -0.39 is 17.6 Å². The molecule has 1 aromatic carbocycles. The van der Waals surface area contributed by atoms with Crippen LogP contribution in [0.4, 0.5) is 18.9 Å². The molecule has 2 heterocycles. The molecule has 0 aliphatic carbocycles. The topological polar surface area (TPSA) is 74.8 Å². The van der Waals surface area contributed by atoms with E-state index in [0.29, 0.717) is 10.2 Å². The Morgan fingerprint density at radius 1 is 1.35 bits per heavy atom. The zero-order valence-electron chi connectivity index (χ0n) is 13.3. The highest BCUT2D eigenvalue weighted by atomic mass is 32.2. The van der Waals surface area contributed by atoms with Gasteiger partial charge in [0.05, 0.1) is 16.7 Å². The van der Waals surface area contributed by atoms with Crippen molar-refractivity contribution >= 4 is 44.9 Å². The van der Waals surface area contributed by atoms with E-state index in [1.165, 1.54) is 23.5 Å². The summed E-state index contributed by atoms with van der Waals surface area (Å²) in [5.41, 5.74) is -1.08. The lowest BCUT2D eigenvalue weighted by Crippen LogP contribution is -2.16. The van der Waals surface area contributed by atoms with Gasteiger partial charge in [0.2, 0.25) is 5.91 Å². The van der Waals surface area contributed by atoms with Gasteiger partial charge in [0, 0.05) is 10.6 Å². The van der Waals surface area contributed by atoms with Crippen LogP contribution in [0.25, 0.3) is 10.2 Å². The number of benzene rings is 1. The molecule has 5 nitrogen and oxygen atoms in total. The minimum atomic E-state index is -4.48. The second kappa shape index (κ2) is 7.12. The Hall–Kier alpha value is -2.33. The quantitative estimate of drug-likeness (QED) is 0.513. The lowest BCUT2D eigenvalue weighted by atomic mass is 10.2. The number of nitrogens with one attached hydrogen (secondary N) is 2. The maximum absolute atomic E-state index is 12.7. The molecule has 0 unspecified atom stereocenters. The number of nitrogens with zero attached hydrogens (tertiary/aromatic N) is 1. The van der Waals surface area contributed by atoms with Gasteiger partial charge in [-0.25, -0.2) is 4.98 Å². The number of aromatic nitrogens is 2. The van der Waals surface area contributed by atoms with Crippen LogP contribution in [0.1, 0.15) is 10.4 Å². The molecule has 0 saturated carbocycles. The third-order valence-electron chi connectivity index (χ3n) is 3.32. The van der Waals surface area contributed by atoms with Crippen LogP contribution in [0.2, 0.25) is 0 Å². The largest absolute Gasteiger partial charge is 0.416 e. The maximum atomic E-state index is 12.7. The van der Waals surface area contributed by atoms with Crippen LogP contribution < -0.4 is 10.9 Å². The number of aryl methyl sites for hydroxylation is 1. The van der Waals surface area contributed by atoms with Crippen molar-refractivity contribution in [3.8, 4) is 0 Å². The third-order valence-corrected chi connectivity index (χ3v) is 5.14. The summed E-state index contributed by atoms with van der Waals surface area (Å²) >= 11 is 2.37. The van der Waals surface area contributed by atoms with E-state index >= 15 is 0 Å². The summed E-state index contributed by atoms with van der Waals surface area (Å²) in [4.78, 5) is 32.3. The van der Waals surface area contributed by atoms with Crippen LogP contribution in [-0.2, 0) is 11.0 Å². The number of carbonyl (C=O) groups excluding carboxylic acids is 1. The Kier molecular flexibility index (Phi) is 5.05.